The van der Waals surface area contributed by atoms with E-state index in [2.05, 4.69) is 84.5 Å². The monoisotopic (exact) mass is 348 g/mol. The van der Waals surface area contributed by atoms with E-state index in [0.717, 1.165) is 30.4 Å². The molecular weight excluding hydrogens is 320 g/mol. The predicted molar refractivity (Wildman–Crippen MR) is 111 cm³/mol. The first-order valence-electron chi connectivity index (χ1n) is 9.26. The lowest BCUT2D eigenvalue weighted by molar-refractivity contribution is 0.396. The van der Waals surface area contributed by atoms with E-state index in [1.165, 1.54) is 28.7 Å². The molecule has 4 heteroatoms. The number of benzene rings is 2. The molecule has 0 amide bonds. The van der Waals surface area contributed by atoms with Crippen molar-refractivity contribution in [1.29, 1.82) is 0 Å². The van der Waals surface area contributed by atoms with Crippen LogP contribution in [0.3, 0.4) is 0 Å². The summed E-state index contributed by atoms with van der Waals surface area (Å²) in [6.07, 6.45) is 4.21. The topological polar surface area (TPSA) is 41.1 Å². The molecule has 1 heterocycles. The molecule has 3 aromatic rings. The maximum Gasteiger partial charge on any atom is 0.223 e. The molecule has 0 aliphatic heterocycles. The van der Waals surface area contributed by atoms with E-state index in [1.807, 2.05) is 6.20 Å². The van der Waals surface area contributed by atoms with Crippen molar-refractivity contribution in [1.82, 2.24) is 14.9 Å². The van der Waals surface area contributed by atoms with E-state index in [4.69, 9.17) is 0 Å². The van der Waals surface area contributed by atoms with Crippen LogP contribution in [0.5, 0.6) is 0 Å². The van der Waals surface area contributed by atoms with Crippen LogP contribution in [0.4, 0.5) is 5.95 Å². The lowest BCUT2D eigenvalue weighted by atomic mass is 9.95. The van der Waals surface area contributed by atoms with Gasteiger partial charge in [0.2, 0.25) is 5.95 Å². The lowest BCUT2D eigenvalue weighted by Gasteiger charge is -2.11. The second kappa shape index (κ2) is 8.28. The van der Waals surface area contributed by atoms with Gasteiger partial charge in [-0.05, 0) is 81.7 Å². The van der Waals surface area contributed by atoms with Crippen LogP contribution >= 0.6 is 0 Å². The number of fused-ring (bicyclic) bond motifs is 1. The zero-order chi connectivity index (χ0) is 18.5. The molecule has 0 unspecified atom stereocenters. The van der Waals surface area contributed by atoms with Crippen LogP contribution in [0.15, 0.2) is 42.6 Å². The van der Waals surface area contributed by atoms with E-state index in [0.29, 0.717) is 5.95 Å². The molecule has 0 spiro atoms. The van der Waals surface area contributed by atoms with Crippen molar-refractivity contribution in [2.24, 2.45) is 0 Å². The van der Waals surface area contributed by atoms with Gasteiger partial charge >= 0.3 is 0 Å². The van der Waals surface area contributed by atoms with Crippen molar-refractivity contribution < 1.29 is 0 Å². The average Bonchev–Trinajstić information content (AvgIpc) is 2.61. The Morgan fingerprint density at radius 3 is 2.50 bits per heavy atom. The van der Waals surface area contributed by atoms with Crippen molar-refractivity contribution in [2.75, 3.05) is 32.5 Å². The zero-order valence-corrected chi connectivity index (χ0v) is 16.2. The Labute approximate surface area is 156 Å². The van der Waals surface area contributed by atoms with Crippen molar-refractivity contribution >= 4 is 16.9 Å². The molecule has 26 heavy (non-hydrogen) atoms. The van der Waals surface area contributed by atoms with Gasteiger partial charge in [-0.1, -0.05) is 24.3 Å². The normalized spacial score (nSPS) is 11.3. The second-order valence-electron chi connectivity index (χ2n) is 7.17. The maximum absolute atomic E-state index is 4.65. The fourth-order valence-corrected chi connectivity index (χ4v) is 3.30. The number of rotatable bonds is 7. The van der Waals surface area contributed by atoms with Gasteiger partial charge in [-0.25, -0.2) is 9.97 Å². The van der Waals surface area contributed by atoms with Gasteiger partial charge in [0.1, 0.15) is 0 Å². The summed E-state index contributed by atoms with van der Waals surface area (Å²) in [7, 11) is 4.21. The molecular formula is C22H28N4. The number of unbranched alkanes of at least 4 members (excludes halogenated alkanes) is 1. The molecule has 0 saturated carbocycles. The van der Waals surface area contributed by atoms with Crippen LogP contribution < -0.4 is 5.32 Å². The Morgan fingerprint density at radius 1 is 1.00 bits per heavy atom. The SMILES string of the molecule is Cc1cccc(C)c1-c1ccc2nc(NCCCCN(C)C)ncc2c1. The van der Waals surface area contributed by atoms with Crippen LogP contribution in [0.2, 0.25) is 0 Å². The molecule has 0 bridgehead atoms. The van der Waals surface area contributed by atoms with E-state index in [-0.39, 0.29) is 0 Å². The summed E-state index contributed by atoms with van der Waals surface area (Å²) in [5, 5.41) is 4.41. The molecule has 0 saturated heterocycles. The van der Waals surface area contributed by atoms with Gasteiger partial charge in [0.05, 0.1) is 5.52 Å². The molecule has 1 aromatic heterocycles. The third-order valence-corrected chi connectivity index (χ3v) is 4.66. The van der Waals surface area contributed by atoms with Gasteiger partial charge in [0.25, 0.3) is 0 Å². The minimum atomic E-state index is 0.710. The van der Waals surface area contributed by atoms with Crippen LogP contribution in [0, 0.1) is 13.8 Å². The summed E-state index contributed by atoms with van der Waals surface area (Å²) in [5.41, 5.74) is 6.09. The summed E-state index contributed by atoms with van der Waals surface area (Å²) < 4.78 is 0. The highest BCUT2D eigenvalue weighted by Crippen LogP contribution is 2.29. The summed E-state index contributed by atoms with van der Waals surface area (Å²) in [6, 6.07) is 12.9. The fraction of sp³-hybridized carbons (Fsp3) is 0.364. The number of anilines is 1. The van der Waals surface area contributed by atoms with Crippen molar-refractivity contribution in [3.05, 3.63) is 53.7 Å². The Bertz CT molecular complexity index is 866. The van der Waals surface area contributed by atoms with Crippen LogP contribution in [0.25, 0.3) is 22.0 Å². The molecule has 0 aliphatic carbocycles. The Balaban J connectivity index is 1.74. The summed E-state index contributed by atoms with van der Waals surface area (Å²) in [6.45, 7) is 6.33. The van der Waals surface area contributed by atoms with Gasteiger partial charge in [0, 0.05) is 18.1 Å². The van der Waals surface area contributed by atoms with Gasteiger partial charge in [-0.3, -0.25) is 0 Å². The Kier molecular flexibility index (Phi) is 5.84. The van der Waals surface area contributed by atoms with Crippen LogP contribution in [0.1, 0.15) is 24.0 Å². The van der Waals surface area contributed by atoms with Crippen molar-refractivity contribution in [3.8, 4) is 11.1 Å². The first-order chi connectivity index (χ1) is 12.5. The standard InChI is InChI=1S/C22H28N4/c1-16-8-7-9-17(2)21(16)18-10-11-20-19(14-18)15-24-22(25-20)23-12-5-6-13-26(3)4/h7-11,14-15H,5-6,12-13H2,1-4H3,(H,23,24,25). The van der Waals surface area contributed by atoms with E-state index >= 15 is 0 Å². The average molecular weight is 348 g/mol. The van der Waals surface area contributed by atoms with Gasteiger partial charge in [0.15, 0.2) is 0 Å². The highest BCUT2D eigenvalue weighted by atomic mass is 15.1. The number of aryl methyl sites for hydroxylation is 2. The molecule has 0 fully saturated rings. The van der Waals surface area contributed by atoms with Crippen molar-refractivity contribution in [2.45, 2.75) is 26.7 Å². The minimum absolute atomic E-state index is 0.710. The van der Waals surface area contributed by atoms with Crippen LogP contribution in [-0.4, -0.2) is 42.1 Å². The zero-order valence-electron chi connectivity index (χ0n) is 16.2. The summed E-state index contributed by atoms with van der Waals surface area (Å²) >= 11 is 0. The smallest absolute Gasteiger partial charge is 0.223 e. The highest BCUT2D eigenvalue weighted by Gasteiger charge is 2.07. The van der Waals surface area contributed by atoms with Gasteiger partial charge in [-0.15, -0.1) is 0 Å². The number of nitrogens with zero attached hydrogens (tertiary/aromatic N) is 3. The molecule has 4 nitrogen and oxygen atoms in total. The predicted octanol–water partition coefficient (Wildman–Crippen LogP) is 4.67. The fourth-order valence-electron chi connectivity index (χ4n) is 3.30. The Hall–Kier alpha value is -2.46. The number of hydrogen-bond donors (Lipinski definition) is 1. The largest absolute Gasteiger partial charge is 0.354 e. The number of aromatic nitrogens is 2. The van der Waals surface area contributed by atoms with E-state index in [1.54, 1.807) is 0 Å². The molecule has 0 aliphatic rings. The molecule has 0 radical (unpaired) electrons. The van der Waals surface area contributed by atoms with Gasteiger partial charge < -0.3 is 10.2 Å². The molecule has 1 N–H and O–H groups in total. The summed E-state index contributed by atoms with van der Waals surface area (Å²) in [5.74, 6) is 0.710. The quantitative estimate of drug-likeness (QED) is 0.630. The van der Waals surface area contributed by atoms with Gasteiger partial charge in [-0.2, -0.15) is 0 Å². The molecule has 2 aromatic carbocycles. The highest BCUT2D eigenvalue weighted by molar-refractivity contribution is 5.85. The number of hydrogen-bond acceptors (Lipinski definition) is 4. The third kappa shape index (κ3) is 4.38. The first-order valence-corrected chi connectivity index (χ1v) is 9.26. The van der Waals surface area contributed by atoms with Crippen LogP contribution in [-0.2, 0) is 0 Å². The minimum Gasteiger partial charge on any atom is -0.354 e. The first kappa shape index (κ1) is 18.3. The molecule has 3 rings (SSSR count). The lowest BCUT2D eigenvalue weighted by Crippen LogP contribution is -2.14. The van der Waals surface area contributed by atoms with E-state index in [9.17, 15) is 0 Å². The number of nitrogens with one attached hydrogen (secondary N) is 1. The molecule has 136 valence electrons. The van der Waals surface area contributed by atoms with E-state index < -0.39 is 0 Å². The summed E-state index contributed by atoms with van der Waals surface area (Å²) in [4.78, 5) is 11.4. The Morgan fingerprint density at radius 2 is 1.77 bits per heavy atom. The van der Waals surface area contributed by atoms with Crippen molar-refractivity contribution in [3.63, 3.8) is 0 Å². The third-order valence-electron chi connectivity index (χ3n) is 4.66. The molecule has 0 atom stereocenters. The second-order valence-corrected chi connectivity index (χ2v) is 7.17. The maximum atomic E-state index is 4.65.